The fraction of sp³-hybridized carbons (Fsp3) is 0.0938. The summed E-state index contributed by atoms with van der Waals surface area (Å²) in [6.45, 7) is 4.00. The molecule has 0 saturated carbocycles. The van der Waals surface area contributed by atoms with Crippen LogP contribution in [0.3, 0.4) is 0 Å². The van der Waals surface area contributed by atoms with Crippen molar-refractivity contribution in [3.05, 3.63) is 79.3 Å². The van der Waals surface area contributed by atoms with Crippen LogP contribution < -0.4 is 9.97 Å². The van der Waals surface area contributed by atoms with E-state index in [0.29, 0.717) is 62.8 Å². The largest absolute Gasteiger partial charge is 2.00 e. The zero-order chi connectivity index (χ0) is 28.2. The Bertz CT molecular complexity index is 2040. The average Bonchev–Trinajstić information content (AvgIpc) is 3.78. The molecule has 0 amide bonds. The van der Waals surface area contributed by atoms with Crippen molar-refractivity contribution >= 4 is 44.3 Å². The fourth-order valence-corrected chi connectivity index (χ4v) is 5.09. The molecule has 9 rings (SSSR count). The molecule has 2 aliphatic heterocycles. The number of rotatable bonds is 0. The fourth-order valence-electron chi connectivity index (χ4n) is 5.09. The van der Waals surface area contributed by atoms with Crippen LogP contribution in [0.25, 0.3) is 90.1 Å². The maximum absolute atomic E-state index is 4.88. The molecule has 0 N–H and O–H groups in total. The summed E-state index contributed by atoms with van der Waals surface area (Å²) in [5, 5.41) is 2.42. The predicted molar refractivity (Wildman–Crippen MR) is 165 cm³/mol. The minimum absolute atomic E-state index is 0. The Hall–Kier alpha value is -5.45. The summed E-state index contributed by atoms with van der Waals surface area (Å²) in [6.07, 6.45) is 5.12. The minimum Gasteiger partial charge on any atom is -0.357 e. The molecule has 44 heavy (non-hydrogen) atoms. The van der Waals surface area contributed by atoms with Gasteiger partial charge >= 0.3 is 17.1 Å². The number of aromatic nitrogens is 11. The molecular formula is C32H23CuN11. The van der Waals surface area contributed by atoms with Gasteiger partial charge < -0.3 is 29.9 Å². The molecule has 8 heterocycles. The summed E-state index contributed by atoms with van der Waals surface area (Å²) < 4.78 is 0. The number of benzene rings is 1. The van der Waals surface area contributed by atoms with Gasteiger partial charge in [0.1, 0.15) is 23.0 Å². The quantitative estimate of drug-likeness (QED) is 0.184. The zero-order valence-electron chi connectivity index (χ0n) is 22.7. The van der Waals surface area contributed by atoms with Gasteiger partial charge in [-0.25, -0.2) is 9.97 Å². The second-order valence-corrected chi connectivity index (χ2v) is 9.23. The van der Waals surface area contributed by atoms with Gasteiger partial charge in [-0.15, -0.1) is 0 Å². The molecule has 7 aromatic rings. The topological polar surface area (TPSA) is 144 Å². The number of pyridine rings is 3. The number of nitrogens with zero attached hydrogens (tertiary/aromatic N) is 11. The SMILES string of the molecule is C.CC.[Cu+2].c1cnc2c(c1)-c1nc-2nc2[n-]c(nc3nc(nc4[n-]c(n1)c1ncccc41)-c1ncccc1-3)c1ccccc21. The Morgan fingerprint density at radius 3 is 1.48 bits per heavy atom. The standard InChI is InChI=1S/C29H13N11.C2H6.CH4.Cu/c1-2-7-15-14(6-1)22-33-23(15)35-27-20-17(9-4-12-31-20)25(37-27)39-29-21-18(10-5-13-32-21)26(40-29)38-28-19-16(8-3-11-30-19)24(34-22)36-28;1-2;;/h1-13H;1-2H3;1H4;/q-2;;;+2. The van der Waals surface area contributed by atoms with Crippen LogP contribution in [0.5, 0.6) is 0 Å². The van der Waals surface area contributed by atoms with Gasteiger partial charge in [0, 0.05) is 57.7 Å². The number of hydrogen-bond donors (Lipinski definition) is 0. The summed E-state index contributed by atoms with van der Waals surface area (Å²) in [6, 6.07) is 19.1. The Morgan fingerprint density at radius 2 is 0.886 bits per heavy atom. The van der Waals surface area contributed by atoms with Gasteiger partial charge in [0.15, 0.2) is 0 Å². The molecule has 217 valence electrons. The van der Waals surface area contributed by atoms with Gasteiger partial charge in [-0.2, -0.15) is 0 Å². The first-order valence-corrected chi connectivity index (χ1v) is 13.5. The van der Waals surface area contributed by atoms with E-state index in [9.17, 15) is 0 Å². The first-order chi connectivity index (χ1) is 20.8. The summed E-state index contributed by atoms with van der Waals surface area (Å²) in [5.41, 5.74) is 5.14. The number of hydrogen-bond acceptors (Lipinski definition) is 9. The van der Waals surface area contributed by atoms with Crippen molar-refractivity contribution in [3.63, 3.8) is 0 Å². The summed E-state index contributed by atoms with van der Waals surface area (Å²) in [4.78, 5) is 52.2. The summed E-state index contributed by atoms with van der Waals surface area (Å²) >= 11 is 0. The van der Waals surface area contributed by atoms with Crippen molar-refractivity contribution < 1.29 is 17.1 Å². The van der Waals surface area contributed by atoms with Crippen LogP contribution in [0.1, 0.15) is 21.3 Å². The van der Waals surface area contributed by atoms with E-state index in [1.807, 2.05) is 74.5 Å². The van der Waals surface area contributed by atoms with Crippen molar-refractivity contribution in [1.29, 1.82) is 0 Å². The van der Waals surface area contributed by atoms with Crippen LogP contribution in [0.4, 0.5) is 0 Å². The van der Waals surface area contributed by atoms with E-state index >= 15 is 0 Å². The molecule has 6 aromatic heterocycles. The smallest absolute Gasteiger partial charge is 0.357 e. The van der Waals surface area contributed by atoms with E-state index in [1.54, 1.807) is 18.6 Å². The van der Waals surface area contributed by atoms with Crippen LogP contribution in [0.15, 0.2) is 79.3 Å². The third kappa shape index (κ3) is 4.39. The zero-order valence-corrected chi connectivity index (χ0v) is 23.7. The number of fused-ring (bicyclic) bond motifs is 20. The van der Waals surface area contributed by atoms with Gasteiger partial charge in [0.25, 0.3) is 0 Å². The van der Waals surface area contributed by atoms with Crippen LogP contribution in [-0.4, -0.2) is 44.9 Å². The predicted octanol–water partition coefficient (Wildman–Crippen LogP) is 5.97. The molecular weight excluding hydrogens is 602 g/mol. The maximum Gasteiger partial charge on any atom is 2.00 e. The van der Waals surface area contributed by atoms with E-state index in [2.05, 4.69) is 15.0 Å². The molecule has 8 bridgehead atoms. The van der Waals surface area contributed by atoms with E-state index in [1.165, 1.54) is 0 Å². The minimum atomic E-state index is 0. The van der Waals surface area contributed by atoms with E-state index < -0.39 is 0 Å². The van der Waals surface area contributed by atoms with Crippen molar-refractivity contribution in [2.75, 3.05) is 0 Å². The monoisotopic (exact) mass is 624 g/mol. The average molecular weight is 625 g/mol. The second kappa shape index (κ2) is 11.3. The van der Waals surface area contributed by atoms with E-state index in [-0.39, 0.29) is 24.5 Å². The molecule has 0 aliphatic carbocycles. The molecule has 0 atom stereocenters. The molecule has 0 spiro atoms. The van der Waals surface area contributed by atoms with E-state index in [4.69, 9.17) is 39.9 Å². The molecule has 12 heteroatoms. The maximum atomic E-state index is 4.88. The molecule has 0 fully saturated rings. The molecule has 11 nitrogen and oxygen atoms in total. The first-order valence-electron chi connectivity index (χ1n) is 13.5. The molecule has 0 unspecified atom stereocenters. The normalized spacial score (nSPS) is 11.0. The summed E-state index contributed by atoms with van der Waals surface area (Å²) in [5.74, 6) is 1.71. The Labute approximate surface area is 261 Å². The Balaban J connectivity index is 0.000000842. The van der Waals surface area contributed by atoms with Gasteiger partial charge in [0.05, 0.1) is 17.2 Å². The molecule has 2 aliphatic rings. The van der Waals surface area contributed by atoms with Crippen LogP contribution in [0.2, 0.25) is 0 Å². The van der Waals surface area contributed by atoms with Crippen molar-refractivity contribution in [1.82, 2.24) is 54.8 Å². The Kier molecular flexibility index (Phi) is 7.38. The van der Waals surface area contributed by atoms with Gasteiger partial charge in [-0.1, -0.05) is 51.6 Å². The first kappa shape index (κ1) is 28.7. The van der Waals surface area contributed by atoms with Gasteiger partial charge in [-0.05, 0) is 41.1 Å². The van der Waals surface area contributed by atoms with Crippen molar-refractivity contribution in [3.8, 4) is 45.8 Å². The molecule has 1 radical (unpaired) electrons. The summed E-state index contributed by atoms with van der Waals surface area (Å²) in [7, 11) is 0. The van der Waals surface area contributed by atoms with Crippen LogP contribution in [0, 0.1) is 0 Å². The third-order valence-corrected chi connectivity index (χ3v) is 6.88. The van der Waals surface area contributed by atoms with Crippen LogP contribution in [-0.2, 0) is 17.1 Å². The van der Waals surface area contributed by atoms with Gasteiger partial charge in [-0.3, -0.25) is 15.0 Å². The van der Waals surface area contributed by atoms with E-state index in [0.717, 1.165) is 27.3 Å². The van der Waals surface area contributed by atoms with Crippen LogP contribution >= 0.6 is 0 Å². The second-order valence-electron chi connectivity index (χ2n) is 9.23. The molecule has 0 saturated heterocycles. The van der Waals surface area contributed by atoms with Gasteiger partial charge in [0.2, 0.25) is 0 Å². The van der Waals surface area contributed by atoms with Crippen molar-refractivity contribution in [2.24, 2.45) is 0 Å². The van der Waals surface area contributed by atoms with Crippen molar-refractivity contribution in [2.45, 2.75) is 21.3 Å². The molecule has 1 aromatic carbocycles. The third-order valence-electron chi connectivity index (χ3n) is 6.88. The Morgan fingerprint density at radius 1 is 0.455 bits per heavy atom.